The quantitative estimate of drug-likeness (QED) is 0.868. The van der Waals surface area contributed by atoms with E-state index in [0.29, 0.717) is 12.1 Å². The van der Waals surface area contributed by atoms with E-state index in [1.807, 2.05) is 62.3 Å². The van der Waals surface area contributed by atoms with E-state index in [0.717, 1.165) is 0 Å². The highest BCUT2D eigenvalue weighted by molar-refractivity contribution is 5.72. The largest absolute Gasteiger partial charge is 0.444 e. The lowest BCUT2D eigenvalue weighted by Gasteiger charge is -2.32. The Kier molecular flexibility index (Phi) is 6.49. The van der Waals surface area contributed by atoms with Gasteiger partial charge in [-0.05, 0) is 47.0 Å². The minimum Gasteiger partial charge on any atom is -0.444 e. The van der Waals surface area contributed by atoms with Gasteiger partial charge in [0.05, 0.1) is 5.69 Å². The number of nitrogens with zero attached hydrogens (tertiary/aromatic N) is 2. The van der Waals surface area contributed by atoms with Gasteiger partial charge in [-0.2, -0.15) is 0 Å². The van der Waals surface area contributed by atoms with Crippen molar-refractivity contribution >= 4 is 12.2 Å². The van der Waals surface area contributed by atoms with Crippen molar-refractivity contribution in [3.63, 3.8) is 0 Å². The molecule has 0 aliphatic rings. The first-order valence-electron chi connectivity index (χ1n) is 8.82. The van der Waals surface area contributed by atoms with Crippen LogP contribution < -0.4 is 5.32 Å². The van der Waals surface area contributed by atoms with E-state index in [1.54, 1.807) is 6.20 Å². The van der Waals surface area contributed by atoms with Crippen molar-refractivity contribution in [2.75, 3.05) is 0 Å². The molecule has 1 aromatic rings. The molecule has 1 heterocycles. The second-order valence-electron chi connectivity index (χ2n) is 9.50. The number of carbonyl (C=O) groups is 2. The zero-order valence-corrected chi connectivity index (χ0v) is 17.5. The van der Waals surface area contributed by atoms with Crippen molar-refractivity contribution in [3.05, 3.63) is 18.2 Å². The number of aromatic nitrogens is 2. The van der Waals surface area contributed by atoms with Gasteiger partial charge in [-0.1, -0.05) is 20.8 Å². The number of rotatable bonds is 3. The normalized spacial score (nSPS) is 13.9. The third-order valence-electron chi connectivity index (χ3n) is 3.45. The van der Waals surface area contributed by atoms with E-state index in [-0.39, 0.29) is 11.5 Å². The lowest BCUT2D eigenvalue weighted by Crippen LogP contribution is -2.47. The Balaban J connectivity index is 2.96. The molecule has 1 unspecified atom stereocenters. The topological polar surface area (TPSA) is 82.5 Å². The molecule has 0 spiro atoms. The zero-order valence-electron chi connectivity index (χ0n) is 17.5. The Morgan fingerprint density at radius 1 is 1.04 bits per heavy atom. The summed E-state index contributed by atoms with van der Waals surface area (Å²) >= 11 is 0. The van der Waals surface area contributed by atoms with Crippen LogP contribution in [0.25, 0.3) is 0 Å². The molecule has 1 rings (SSSR count). The molecule has 7 nitrogen and oxygen atoms in total. The third-order valence-corrected chi connectivity index (χ3v) is 3.45. The highest BCUT2D eigenvalue weighted by atomic mass is 16.6. The smallest absolute Gasteiger partial charge is 0.420 e. The first-order valence-corrected chi connectivity index (χ1v) is 8.82. The van der Waals surface area contributed by atoms with Crippen molar-refractivity contribution < 1.29 is 19.1 Å². The van der Waals surface area contributed by atoms with Crippen molar-refractivity contribution in [2.24, 2.45) is 5.41 Å². The van der Waals surface area contributed by atoms with E-state index >= 15 is 0 Å². The molecule has 0 radical (unpaired) electrons. The minimum absolute atomic E-state index is 0.250. The van der Waals surface area contributed by atoms with E-state index < -0.39 is 23.4 Å². The average Bonchev–Trinajstić information content (AvgIpc) is 2.80. The molecule has 0 aliphatic heterocycles. The Labute approximate surface area is 156 Å². The van der Waals surface area contributed by atoms with Crippen LogP contribution in [0.1, 0.15) is 68.0 Å². The van der Waals surface area contributed by atoms with Crippen LogP contribution in [0.2, 0.25) is 0 Å². The van der Waals surface area contributed by atoms with Crippen molar-refractivity contribution in [3.8, 4) is 0 Å². The molecule has 26 heavy (non-hydrogen) atoms. The molecule has 1 aromatic heterocycles. The number of alkyl carbamates (subject to hydrolysis) is 1. The van der Waals surface area contributed by atoms with Gasteiger partial charge in [0.25, 0.3) is 0 Å². The number of hydrogen-bond donors (Lipinski definition) is 1. The van der Waals surface area contributed by atoms with Gasteiger partial charge in [0.2, 0.25) is 0 Å². The van der Waals surface area contributed by atoms with Crippen LogP contribution in [0, 0.1) is 5.41 Å². The number of imidazole rings is 1. The molecular formula is C19H33N3O4. The van der Waals surface area contributed by atoms with Crippen LogP contribution in [-0.4, -0.2) is 39.0 Å². The summed E-state index contributed by atoms with van der Waals surface area (Å²) in [6.45, 7) is 16.9. The summed E-state index contributed by atoms with van der Waals surface area (Å²) in [5.74, 6) is 0. The average molecular weight is 367 g/mol. The Morgan fingerprint density at radius 2 is 1.58 bits per heavy atom. The standard InChI is InChI=1S/C19H33N3O4/c1-17(2,3)14(21-15(23)25-18(4,5)6)10-13-11-20-12-22(13)16(24)26-19(7,8)9/h11-12,14H,10H2,1-9H3,(H,21,23). The molecule has 0 saturated heterocycles. The fourth-order valence-electron chi connectivity index (χ4n) is 2.18. The molecule has 1 amide bonds. The summed E-state index contributed by atoms with van der Waals surface area (Å²) in [6.07, 6.45) is 2.48. The molecule has 0 aliphatic carbocycles. The zero-order chi connectivity index (χ0) is 20.3. The number of amides is 1. The van der Waals surface area contributed by atoms with Crippen LogP contribution in [0.4, 0.5) is 9.59 Å². The summed E-state index contributed by atoms with van der Waals surface area (Å²) in [7, 11) is 0. The molecule has 0 saturated carbocycles. The van der Waals surface area contributed by atoms with Crippen molar-refractivity contribution in [1.82, 2.24) is 14.9 Å². The monoisotopic (exact) mass is 367 g/mol. The fourth-order valence-corrected chi connectivity index (χ4v) is 2.18. The van der Waals surface area contributed by atoms with E-state index in [4.69, 9.17) is 9.47 Å². The highest BCUT2D eigenvalue weighted by Crippen LogP contribution is 2.24. The maximum absolute atomic E-state index is 12.4. The van der Waals surface area contributed by atoms with Gasteiger partial charge >= 0.3 is 12.2 Å². The lowest BCUT2D eigenvalue weighted by molar-refractivity contribution is 0.0462. The van der Waals surface area contributed by atoms with Crippen LogP contribution >= 0.6 is 0 Å². The van der Waals surface area contributed by atoms with Gasteiger partial charge in [-0.25, -0.2) is 19.1 Å². The molecule has 1 atom stereocenters. The lowest BCUT2D eigenvalue weighted by atomic mass is 9.84. The summed E-state index contributed by atoms with van der Waals surface area (Å²) < 4.78 is 12.1. The van der Waals surface area contributed by atoms with Crippen LogP contribution in [0.5, 0.6) is 0 Å². The van der Waals surface area contributed by atoms with Gasteiger partial charge in [-0.3, -0.25) is 0 Å². The molecule has 7 heteroatoms. The van der Waals surface area contributed by atoms with E-state index in [1.165, 1.54) is 10.9 Å². The van der Waals surface area contributed by atoms with Crippen LogP contribution in [0.15, 0.2) is 12.5 Å². The van der Waals surface area contributed by atoms with Gasteiger partial charge in [-0.15, -0.1) is 0 Å². The third kappa shape index (κ3) is 7.45. The van der Waals surface area contributed by atoms with E-state index in [2.05, 4.69) is 10.3 Å². The first-order chi connectivity index (χ1) is 11.6. The van der Waals surface area contributed by atoms with Gasteiger partial charge < -0.3 is 14.8 Å². The molecule has 148 valence electrons. The molecule has 0 bridgehead atoms. The number of carbonyl (C=O) groups excluding carboxylic acids is 2. The minimum atomic E-state index is -0.600. The molecule has 1 N–H and O–H groups in total. The predicted molar refractivity (Wildman–Crippen MR) is 100 cm³/mol. The van der Waals surface area contributed by atoms with Crippen LogP contribution in [0.3, 0.4) is 0 Å². The first kappa shape index (κ1) is 22.0. The highest BCUT2D eigenvalue weighted by Gasteiger charge is 2.30. The summed E-state index contributed by atoms with van der Waals surface area (Å²) in [4.78, 5) is 28.6. The fraction of sp³-hybridized carbons (Fsp3) is 0.737. The summed E-state index contributed by atoms with van der Waals surface area (Å²) in [6, 6.07) is -0.254. The van der Waals surface area contributed by atoms with E-state index in [9.17, 15) is 9.59 Å². The maximum Gasteiger partial charge on any atom is 0.420 e. The van der Waals surface area contributed by atoms with Crippen molar-refractivity contribution in [2.45, 2.75) is 86.0 Å². The molecular weight excluding hydrogens is 334 g/mol. The number of hydrogen-bond acceptors (Lipinski definition) is 5. The van der Waals surface area contributed by atoms with Gasteiger partial charge in [0.15, 0.2) is 0 Å². The second kappa shape index (κ2) is 7.68. The predicted octanol–water partition coefficient (Wildman–Crippen LogP) is 4.15. The Hall–Kier alpha value is -2.05. The number of nitrogens with one attached hydrogen (secondary N) is 1. The van der Waals surface area contributed by atoms with Crippen LogP contribution in [-0.2, 0) is 15.9 Å². The van der Waals surface area contributed by atoms with Crippen molar-refractivity contribution in [1.29, 1.82) is 0 Å². The number of ether oxygens (including phenoxy) is 2. The second-order valence-corrected chi connectivity index (χ2v) is 9.50. The van der Waals surface area contributed by atoms with Gasteiger partial charge in [0.1, 0.15) is 17.5 Å². The SMILES string of the molecule is CC(C)(C)OC(=O)NC(Cc1cncn1C(=O)OC(C)(C)C)C(C)(C)C. The summed E-state index contributed by atoms with van der Waals surface area (Å²) in [5.41, 5.74) is -0.767. The summed E-state index contributed by atoms with van der Waals surface area (Å²) in [5, 5.41) is 2.91. The Morgan fingerprint density at radius 3 is 2.04 bits per heavy atom. The maximum atomic E-state index is 12.4. The van der Waals surface area contributed by atoms with Gasteiger partial charge in [0, 0.05) is 18.7 Å². The molecule has 0 aromatic carbocycles. The molecule has 0 fully saturated rings. The Bertz CT molecular complexity index is 630.